The number of hydrogen-bond donors (Lipinski definition) is 2. The molecule has 0 aromatic rings. The lowest BCUT2D eigenvalue weighted by molar-refractivity contribution is -0.0919. The summed E-state index contributed by atoms with van der Waals surface area (Å²) in [5, 5.41) is 4.27. The maximum absolute atomic E-state index is 10.9. The van der Waals surface area contributed by atoms with E-state index in [1.165, 1.54) is 51.4 Å². The van der Waals surface area contributed by atoms with Crippen molar-refractivity contribution >= 4 is 11.7 Å². The molecular weight excluding hydrogens is 298 g/mol. The Hall–Kier alpha value is -1.06. The predicted octanol–water partition coefficient (Wildman–Crippen LogP) is 4.44. The molecule has 0 aromatic carbocycles. The van der Waals surface area contributed by atoms with Crippen molar-refractivity contribution in [3.8, 4) is 0 Å². The molecule has 3 N–H and O–H groups in total. The monoisotopic (exact) mass is 331 g/mol. The molecule has 4 heteroatoms. The van der Waals surface area contributed by atoms with E-state index in [1.54, 1.807) is 0 Å². The largest absolute Gasteiger partial charge is 0.350 e. The molecule has 134 valence electrons. The lowest BCUT2D eigenvalue weighted by Gasteiger charge is -2.60. The number of urea groups is 1. The van der Waals surface area contributed by atoms with E-state index in [-0.39, 0.29) is 0 Å². The van der Waals surface area contributed by atoms with Crippen molar-refractivity contribution in [2.45, 2.75) is 78.1 Å². The minimum absolute atomic E-state index is 0.485. The summed E-state index contributed by atoms with van der Waals surface area (Å²) in [5.74, 6) is 3.61. The summed E-state index contributed by atoms with van der Waals surface area (Å²) in [4.78, 5) is 10.9. The molecule has 24 heavy (non-hydrogen) atoms. The first-order chi connectivity index (χ1) is 11.4. The summed E-state index contributed by atoms with van der Waals surface area (Å²) in [6.45, 7) is 5.15. The van der Waals surface area contributed by atoms with Crippen molar-refractivity contribution in [1.82, 2.24) is 5.43 Å². The molecule has 2 amide bonds. The molecule has 0 saturated heterocycles. The third-order valence-electron chi connectivity index (χ3n) is 8.60. The summed E-state index contributed by atoms with van der Waals surface area (Å²) < 4.78 is 0. The number of rotatable bonds is 1. The first kappa shape index (κ1) is 16.4. The Balaban J connectivity index is 1.52. The van der Waals surface area contributed by atoms with Gasteiger partial charge in [0, 0.05) is 5.71 Å². The van der Waals surface area contributed by atoms with E-state index in [0.29, 0.717) is 10.8 Å². The standard InChI is InChI=1S/C20H33N3O/c1-19-9-3-4-16(19)15-6-5-13-12-14(22-23-18(21)24)7-11-20(13,2)17(15)8-10-19/h13,15-17H,3-12H2,1-2H3,(H3,21,23,24)/b22-14-/t13-,15-,16-,17-,19-,20-/m0/s1. The Kier molecular flexibility index (Phi) is 3.92. The number of fused-ring (bicyclic) bond motifs is 5. The fourth-order valence-electron chi connectivity index (χ4n) is 7.29. The summed E-state index contributed by atoms with van der Waals surface area (Å²) in [6.07, 6.45) is 13.4. The number of primary amides is 1. The molecule has 4 saturated carbocycles. The van der Waals surface area contributed by atoms with Crippen LogP contribution in [0.15, 0.2) is 5.10 Å². The van der Waals surface area contributed by atoms with Gasteiger partial charge in [-0.2, -0.15) is 5.10 Å². The highest BCUT2D eigenvalue weighted by atomic mass is 16.2. The van der Waals surface area contributed by atoms with E-state index in [2.05, 4.69) is 24.4 Å². The van der Waals surface area contributed by atoms with Gasteiger partial charge in [0.15, 0.2) is 0 Å². The van der Waals surface area contributed by atoms with E-state index >= 15 is 0 Å². The van der Waals surface area contributed by atoms with Crippen LogP contribution in [-0.4, -0.2) is 11.7 Å². The molecule has 4 aliphatic rings. The fourth-order valence-corrected chi connectivity index (χ4v) is 7.29. The Labute approximate surface area is 146 Å². The van der Waals surface area contributed by atoms with Crippen LogP contribution in [0.1, 0.15) is 78.1 Å². The minimum atomic E-state index is -0.549. The maximum atomic E-state index is 10.9. The number of hydrazone groups is 1. The normalized spacial score (nSPS) is 49.2. The van der Waals surface area contributed by atoms with Crippen molar-refractivity contribution in [1.29, 1.82) is 0 Å². The molecule has 0 aliphatic heterocycles. The van der Waals surface area contributed by atoms with Crippen LogP contribution in [-0.2, 0) is 0 Å². The van der Waals surface area contributed by atoms with Gasteiger partial charge >= 0.3 is 6.03 Å². The number of nitrogens with one attached hydrogen (secondary N) is 1. The van der Waals surface area contributed by atoms with Crippen molar-refractivity contribution in [2.75, 3.05) is 0 Å². The van der Waals surface area contributed by atoms with Crippen LogP contribution in [0.25, 0.3) is 0 Å². The summed E-state index contributed by atoms with van der Waals surface area (Å²) in [6, 6.07) is -0.549. The van der Waals surface area contributed by atoms with Gasteiger partial charge < -0.3 is 5.73 Å². The number of hydrogen-bond acceptors (Lipinski definition) is 2. The lowest BCUT2D eigenvalue weighted by atomic mass is 9.45. The molecule has 0 radical (unpaired) electrons. The molecule has 4 rings (SSSR count). The van der Waals surface area contributed by atoms with E-state index in [4.69, 9.17) is 5.73 Å². The molecule has 0 spiro atoms. The van der Waals surface area contributed by atoms with Crippen molar-refractivity contribution in [2.24, 2.45) is 45.3 Å². The van der Waals surface area contributed by atoms with Gasteiger partial charge in [-0.3, -0.25) is 0 Å². The number of nitrogens with zero attached hydrogens (tertiary/aromatic N) is 1. The first-order valence-corrected chi connectivity index (χ1v) is 10.0. The second-order valence-corrected chi connectivity index (χ2v) is 9.60. The lowest BCUT2D eigenvalue weighted by Crippen LogP contribution is -2.52. The predicted molar refractivity (Wildman–Crippen MR) is 96.5 cm³/mol. The van der Waals surface area contributed by atoms with Gasteiger partial charge in [0.05, 0.1) is 0 Å². The molecule has 0 bridgehead atoms. The van der Waals surface area contributed by atoms with Gasteiger partial charge in [0.1, 0.15) is 0 Å². The van der Waals surface area contributed by atoms with E-state index in [1.807, 2.05) is 0 Å². The van der Waals surface area contributed by atoms with Crippen LogP contribution >= 0.6 is 0 Å². The second kappa shape index (κ2) is 5.74. The van der Waals surface area contributed by atoms with E-state index < -0.39 is 6.03 Å². The van der Waals surface area contributed by atoms with Crippen molar-refractivity contribution in [3.05, 3.63) is 0 Å². The number of nitrogens with two attached hydrogens (primary N) is 1. The zero-order valence-electron chi connectivity index (χ0n) is 15.3. The molecule has 0 unspecified atom stereocenters. The van der Waals surface area contributed by atoms with Crippen LogP contribution in [0.2, 0.25) is 0 Å². The van der Waals surface area contributed by atoms with E-state index in [0.717, 1.165) is 42.2 Å². The molecule has 4 nitrogen and oxygen atoms in total. The maximum Gasteiger partial charge on any atom is 0.332 e. The van der Waals surface area contributed by atoms with Gasteiger partial charge in [0.25, 0.3) is 0 Å². The zero-order valence-corrected chi connectivity index (χ0v) is 15.3. The third-order valence-corrected chi connectivity index (χ3v) is 8.60. The highest BCUT2D eigenvalue weighted by molar-refractivity contribution is 5.87. The summed E-state index contributed by atoms with van der Waals surface area (Å²) in [5.41, 5.74) is 9.89. The van der Waals surface area contributed by atoms with Gasteiger partial charge in [-0.15, -0.1) is 0 Å². The Bertz CT molecular complexity index is 559. The van der Waals surface area contributed by atoms with Gasteiger partial charge in [-0.25, -0.2) is 10.2 Å². The third kappa shape index (κ3) is 2.48. The topological polar surface area (TPSA) is 67.5 Å². The van der Waals surface area contributed by atoms with Crippen molar-refractivity contribution < 1.29 is 4.79 Å². The molecule has 6 atom stereocenters. The fraction of sp³-hybridized carbons (Fsp3) is 0.900. The molecule has 0 heterocycles. The molecular formula is C20H33N3O. The van der Waals surface area contributed by atoms with E-state index in [9.17, 15) is 4.79 Å². The quantitative estimate of drug-likeness (QED) is 0.685. The average Bonchev–Trinajstić information content (AvgIpc) is 2.94. The van der Waals surface area contributed by atoms with Crippen LogP contribution in [0.3, 0.4) is 0 Å². The number of carbonyl (C=O) groups excluding carboxylic acids is 1. The van der Waals surface area contributed by atoms with Gasteiger partial charge in [-0.1, -0.05) is 20.3 Å². The second-order valence-electron chi connectivity index (χ2n) is 9.60. The van der Waals surface area contributed by atoms with Crippen LogP contribution in [0.5, 0.6) is 0 Å². The Morgan fingerprint density at radius 2 is 1.96 bits per heavy atom. The average molecular weight is 332 g/mol. The smallest absolute Gasteiger partial charge is 0.332 e. The number of carbonyl (C=O) groups is 1. The van der Waals surface area contributed by atoms with Crippen LogP contribution in [0.4, 0.5) is 4.79 Å². The minimum Gasteiger partial charge on any atom is -0.350 e. The molecule has 4 aliphatic carbocycles. The number of amides is 2. The Morgan fingerprint density at radius 3 is 2.75 bits per heavy atom. The molecule has 0 aromatic heterocycles. The van der Waals surface area contributed by atoms with Crippen molar-refractivity contribution in [3.63, 3.8) is 0 Å². The van der Waals surface area contributed by atoms with Crippen LogP contribution < -0.4 is 11.2 Å². The molecule has 4 fully saturated rings. The highest BCUT2D eigenvalue weighted by Crippen LogP contribution is 2.65. The summed E-state index contributed by atoms with van der Waals surface area (Å²) >= 11 is 0. The highest BCUT2D eigenvalue weighted by Gasteiger charge is 2.57. The Morgan fingerprint density at radius 1 is 1.12 bits per heavy atom. The van der Waals surface area contributed by atoms with Gasteiger partial charge in [0.2, 0.25) is 0 Å². The van der Waals surface area contributed by atoms with Crippen LogP contribution in [0, 0.1) is 34.5 Å². The zero-order chi connectivity index (χ0) is 16.9. The SMILES string of the molecule is C[C@@]12CCC[C@H]1[C@@H]1CC[C@H]3C/C(=N\NC(N)=O)CC[C@]3(C)[C@H]1CC2. The van der Waals surface area contributed by atoms with Gasteiger partial charge in [-0.05, 0) is 92.3 Å². The first-order valence-electron chi connectivity index (χ1n) is 10.0. The summed E-state index contributed by atoms with van der Waals surface area (Å²) in [7, 11) is 0.